The summed E-state index contributed by atoms with van der Waals surface area (Å²) in [6, 6.07) is 7.98. The van der Waals surface area contributed by atoms with Gasteiger partial charge in [0.25, 0.3) is 0 Å². The van der Waals surface area contributed by atoms with Crippen molar-refractivity contribution in [2.24, 2.45) is 5.41 Å². The maximum absolute atomic E-state index is 12.5. The fourth-order valence-electron chi connectivity index (χ4n) is 3.13. The Morgan fingerprint density at radius 3 is 2.23 bits per heavy atom. The van der Waals surface area contributed by atoms with Crippen LogP contribution in [0.5, 0.6) is 0 Å². The molecule has 1 saturated heterocycles. The molecule has 0 saturated carbocycles. The van der Waals surface area contributed by atoms with Gasteiger partial charge in [0, 0.05) is 31.6 Å². The van der Waals surface area contributed by atoms with Gasteiger partial charge in [-0.2, -0.15) is 0 Å². The molecule has 144 valence electrons. The Morgan fingerprint density at radius 2 is 1.65 bits per heavy atom. The molecule has 2 aromatic rings. The van der Waals surface area contributed by atoms with Crippen molar-refractivity contribution in [3.8, 4) is 0 Å². The summed E-state index contributed by atoms with van der Waals surface area (Å²) in [4.78, 5) is 14.9. The standard InChI is InChI=1S/C19H28N4O2.BrH/c1-19(2,3)17(24)14-23-16-7-5-4-6-15(16)22(18(23)20)9-8-21-10-12-25-13-11-21;/h4-7,20H,8-14H2,1-3H3;1H. The summed E-state index contributed by atoms with van der Waals surface area (Å²) >= 11 is 0. The Hall–Kier alpha value is -1.44. The number of Topliss-reactive ketones (excluding diaryl/α,β-unsaturated/α-hetero) is 1. The number of fused-ring (bicyclic) bond motifs is 1. The molecule has 0 radical (unpaired) electrons. The van der Waals surface area contributed by atoms with Crippen molar-refractivity contribution in [1.82, 2.24) is 14.0 Å². The van der Waals surface area contributed by atoms with Gasteiger partial charge in [-0.15, -0.1) is 17.0 Å². The third-order valence-electron chi connectivity index (χ3n) is 4.86. The number of ether oxygens (including phenoxy) is 1. The Kier molecular flexibility index (Phi) is 6.82. The second-order valence-corrected chi connectivity index (χ2v) is 7.68. The number of para-hydroxylation sites is 2. The van der Waals surface area contributed by atoms with Crippen LogP contribution in [0.2, 0.25) is 0 Å². The van der Waals surface area contributed by atoms with E-state index in [-0.39, 0.29) is 29.3 Å². The summed E-state index contributed by atoms with van der Waals surface area (Å²) in [5, 5.41) is 8.62. The molecular weight excluding hydrogens is 396 g/mol. The van der Waals surface area contributed by atoms with Gasteiger partial charge in [0.15, 0.2) is 5.78 Å². The summed E-state index contributed by atoms with van der Waals surface area (Å²) in [5.41, 5.74) is 1.96. The van der Waals surface area contributed by atoms with Crippen molar-refractivity contribution >= 4 is 33.8 Å². The van der Waals surface area contributed by atoms with Crippen molar-refractivity contribution in [2.45, 2.75) is 33.9 Å². The van der Waals surface area contributed by atoms with E-state index in [2.05, 4.69) is 4.90 Å². The normalized spacial score (nSPS) is 15.8. The third-order valence-corrected chi connectivity index (χ3v) is 4.86. The Morgan fingerprint density at radius 1 is 1.08 bits per heavy atom. The number of morpholine rings is 1. The number of hydrogen-bond donors (Lipinski definition) is 1. The highest BCUT2D eigenvalue weighted by molar-refractivity contribution is 8.93. The molecule has 1 aromatic heterocycles. The van der Waals surface area contributed by atoms with E-state index in [1.807, 2.05) is 54.2 Å². The summed E-state index contributed by atoms with van der Waals surface area (Å²) in [6.07, 6.45) is 0. The number of halogens is 1. The summed E-state index contributed by atoms with van der Waals surface area (Å²) in [7, 11) is 0. The summed E-state index contributed by atoms with van der Waals surface area (Å²) in [6.45, 7) is 11.1. The van der Waals surface area contributed by atoms with E-state index in [0.29, 0.717) is 5.62 Å². The highest BCUT2D eigenvalue weighted by Crippen LogP contribution is 2.18. The number of carbonyl (C=O) groups excluding carboxylic acids is 1. The van der Waals surface area contributed by atoms with Crippen LogP contribution in [0.1, 0.15) is 20.8 Å². The largest absolute Gasteiger partial charge is 0.379 e. The topological polar surface area (TPSA) is 63.2 Å². The molecule has 0 amide bonds. The Labute approximate surface area is 165 Å². The molecule has 26 heavy (non-hydrogen) atoms. The van der Waals surface area contributed by atoms with Crippen molar-refractivity contribution in [3.05, 3.63) is 29.9 Å². The lowest BCUT2D eigenvalue weighted by Crippen LogP contribution is -2.39. The number of ketones is 1. The first-order valence-electron chi connectivity index (χ1n) is 8.94. The first-order valence-corrected chi connectivity index (χ1v) is 8.94. The molecule has 0 aliphatic carbocycles. The predicted molar refractivity (Wildman–Crippen MR) is 108 cm³/mol. The van der Waals surface area contributed by atoms with E-state index >= 15 is 0 Å². The van der Waals surface area contributed by atoms with Gasteiger partial charge in [0.2, 0.25) is 5.62 Å². The molecule has 2 heterocycles. The van der Waals surface area contributed by atoms with Crippen LogP contribution < -0.4 is 5.62 Å². The molecule has 0 atom stereocenters. The maximum atomic E-state index is 12.5. The van der Waals surface area contributed by atoms with Crippen LogP contribution in [-0.4, -0.2) is 52.7 Å². The second-order valence-electron chi connectivity index (χ2n) is 7.68. The number of carbonyl (C=O) groups is 1. The Balaban J connectivity index is 0.00000243. The lowest BCUT2D eigenvalue weighted by atomic mass is 9.91. The van der Waals surface area contributed by atoms with Crippen LogP contribution in [0.15, 0.2) is 24.3 Å². The molecule has 1 N–H and O–H groups in total. The zero-order valence-electron chi connectivity index (χ0n) is 15.8. The number of rotatable bonds is 5. The van der Waals surface area contributed by atoms with Gasteiger partial charge in [-0.3, -0.25) is 15.1 Å². The van der Waals surface area contributed by atoms with Gasteiger partial charge < -0.3 is 13.9 Å². The van der Waals surface area contributed by atoms with Crippen LogP contribution in [0.3, 0.4) is 0 Å². The van der Waals surface area contributed by atoms with Crippen molar-refractivity contribution in [2.75, 3.05) is 32.8 Å². The van der Waals surface area contributed by atoms with Gasteiger partial charge in [-0.1, -0.05) is 32.9 Å². The third kappa shape index (κ3) is 4.45. The van der Waals surface area contributed by atoms with Crippen molar-refractivity contribution in [3.63, 3.8) is 0 Å². The van der Waals surface area contributed by atoms with Crippen molar-refractivity contribution in [1.29, 1.82) is 5.41 Å². The van der Waals surface area contributed by atoms with Crippen molar-refractivity contribution < 1.29 is 9.53 Å². The lowest BCUT2D eigenvalue weighted by molar-refractivity contribution is -0.126. The van der Waals surface area contributed by atoms with Gasteiger partial charge in [0.1, 0.15) is 0 Å². The Bertz CT molecular complexity index is 813. The van der Waals surface area contributed by atoms with Gasteiger partial charge in [-0.25, -0.2) is 0 Å². The molecule has 7 heteroatoms. The second kappa shape index (κ2) is 8.50. The number of nitrogens with zero attached hydrogens (tertiary/aromatic N) is 3. The number of benzene rings is 1. The highest BCUT2D eigenvalue weighted by Gasteiger charge is 2.23. The van der Waals surface area contributed by atoms with Gasteiger partial charge in [-0.05, 0) is 12.1 Å². The van der Waals surface area contributed by atoms with Crippen LogP contribution in [0.4, 0.5) is 0 Å². The van der Waals surface area contributed by atoms with Crippen LogP contribution in [-0.2, 0) is 22.6 Å². The molecule has 1 fully saturated rings. The number of hydrogen-bond acceptors (Lipinski definition) is 4. The minimum absolute atomic E-state index is 0. The predicted octanol–water partition coefficient (Wildman–Crippen LogP) is 2.45. The molecule has 0 unspecified atom stereocenters. The monoisotopic (exact) mass is 424 g/mol. The molecule has 1 aromatic carbocycles. The lowest BCUT2D eigenvalue weighted by Gasteiger charge is -2.26. The molecule has 0 spiro atoms. The quantitative estimate of drug-likeness (QED) is 0.801. The van der Waals surface area contributed by atoms with Crippen LogP contribution in [0, 0.1) is 10.8 Å². The average Bonchev–Trinajstić information content (AvgIpc) is 2.85. The smallest absolute Gasteiger partial charge is 0.203 e. The molecule has 1 aliphatic heterocycles. The fraction of sp³-hybridized carbons (Fsp3) is 0.579. The fourth-order valence-corrected chi connectivity index (χ4v) is 3.13. The van der Waals surface area contributed by atoms with E-state index in [1.54, 1.807) is 0 Å². The molecule has 3 rings (SSSR count). The molecule has 1 aliphatic rings. The average molecular weight is 425 g/mol. The molecule has 6 nitrogen and oxygen atoms in total. The van der Waals surface area contributed by atoms with E-state index < -0.39 is 5.41 Å². The number of imidazole rings is 1. The van der Waals surface area contributed by atoms with E-state index in [0.717, 1.165) is 50.4 Å². The van der Waals surface area contributed by atoms with Crippen LogP contribution in [0.25, 0.3) is 11.0 Å². The molecule has 0 bridgehead atoms. The van der Waals surface area contributed by atoms with Gasteiger partial charge in [0.05, 0.1) is 30.8 Å². The number of nitrogens with one attached hydrogen (secondary N) is 1. The molecular formula is C19H29BrN4O2. The van der Waals surface area contributed by atoms with Gasteiger partial charge >= 0.3 is 0 Å². The summed E-state index contributed by atoms with van der Waals surface area (Å²) < 4.78 is 9.25. The SMILES string of the molecule is Br.CC(C)(C)C(=O)Cn1c(=N)n(CCN2CCOCC2)c2ccccc21. The number of aromatic nitrogens is 2. The first-order chi connectivity index (χ1) is 11.9. The first kappa shape index (κ1) is 20.9. The van der Waals surface area contributed by atoms with E-state index in [9.17, 15) is 4.79 Å². The maximum Gasteiger partial charge on any atom is 0.203 e. The van der Waals surface area contributed by atoms with Crippen LogP contribution >= 0.6 is 17.0 Å². The highest BCUT2D eigenvalue weighted by atomic mass is 79.9. The zero-order chi connectivity index (χ0) is 18.0. The minimum Gasteiger partial charge on any atom is -0.379 e. The van der Waals surface area contributed by atoms with E-state index in [1.165, 1.54) is 0 Å². The minimum atomic E-state index is -0.406. The summed E-state index contributed by atoms with van der Waals surface area (Å²) in [5.74, 6) is 0.141. The van der Waals surface area contributed by atoms with E-state index in [4.69, 9.17) is 10.1 Å². The zero-order valence-corrected chi connectivity index (χ0v) is 17.5.